The summed E-state index contributed by atoms with van der Waals surface area (Å²) in [5.41, 5.74) is 2.04. The highest BCUT2D eigenvalue weighted by molar-refractivity contribution is 7.25. The van der Waals surface area contributed by atoms with Gasteiger partial charge in [-0.3, -0.25) is 0 Å². The van der Waals surface area contributed by atoms with Gasteiger partial charge in [0.2, 0.25) is 0 Å². The van der Waals surface area contributed by atoms with Gasteiger partial charge in [-0.05, 0) is 46.0 Å². The average molecular weight is 321 g/mol. The lowest BCUT2D eigenvalue weighted by molar-refractivity contribution is 0.373. The summed E-state index contributed by atoms with van der Waals surface area (Å²) in [6.45, 7) is 8.82. The van der Waals surface area contributed by atoms with Gasteiger partial charge in [0.25, 0.3) is 0 Å². The Bertz CT molecular complexity index is 591. The number of rotatable bonds is 6. The van der Waals surface area contributed by atoms with Gasteiger partial charge < -0.3 is 9.84 Å². The molecule has 0 spiro atoms. The Hall–Kier alpha value is -1.26. The second kappa shape index (κ2) is 6.67. The van der Waals surface area contributed by atoms with Gasteiger partial charge in [0.05, 0.1) is 6.23 Å². The molecule has 1 heterocycles. The van der Waals surface area contributed by atoms with E-state index >= 15 is 0 Å². The number of aromatic hydroxyl groups is 1. The number of benzene rings is 1. The molecule has 0 bridgehead atoms. The van der Waals surface area contributed by atoms with Crippen LogP contribution in [0.15, 0.2) is 29.6 Å². The van der Waals surface area contributed by atoms with Crippen LogP contribution in [0.5, 0.6) is 11.5 Å². The minimum Gasteiger partial charge on any atom is -0.508 e. The molecule has 0 unspecified atom stereocenters. The highest BCUT2D eigenvalue weighted by atomic mass is 32.1. The third kappa shape index (κ3) is 3.69. The molecular weight excluding hydrogens is 296 g/mol. The topological polar surface area (TPSA) is 29.5 Å². The summed E-state index contributed by atoms with van der Waals surface area (Å²) in [4.78, 5) is 0. The van der Waals surface area contributed by atoms with E-state index in [0.717, 1.165) is 35.9 Å². The molecule has 1 N–H and O–H groups in total. The minimum atomic E-state index is -1.55. The molecule has 0 fully saturated rings. The molecule has 0 radical (unpaired) electrons. The van der Waals surface area contributed by atoms with Crippen molar-refractivity contribution < 1.29 is 9.84 Å². The van der Waals surface area contributed by atoms with E-state index in [9.17, 15) is 5.11 Å². The molecule has 2 nitrogen and oxygen atoms in total. The number of aryl methyl sites for hydroxylation is 2. The monoisotopic (exact) mass is 320 g/mol. The zero-order valence-electron chi connectivity index (χ0n) is 13.3. The zero-order chi connectivity index (χ0) is 15.5. The summed E-state index contributed by atoms with van der Waals surface area (Å²) >= 11 is 1.83. The van der Waals surface area contributed by atoms with E-state index in [1.807, 2.05) is 23.5 Å². The highest BCUT2D eigenvalue weighted by Gasteiger charge is 2.26. The van der Waals surface area contributed by atoms with Crippen LogP contribution in [0.3, 0.4) is 0 Å². The minimum absolute atomic E-state index is 0.386. The van der Waals surface area contributed by atoms with E-state index in [4.69, 9.17) is 4.74 Å². The normalized spacial score (nSPS) is 11.6. The van der Waals surface area contributed by atoms with Crippen LogP contribution in [0, 0.1) is 0 Å². The molecule has 1 aromatic carbocycles. The molecule has 2 rings (SSSR count). The Balaban J connectivity index is 2.19. The third-order valence-corrected chi connectivity index (χ3v) is 8.86. The van der Waals surface area contributed by atoms with Crippen molar-refractivity contribution in [2.75, 3.05) is 6.23 Å². The molecule has 0 aliphatic rings. The summed E-state index contributed by atoms with van der Waals surface area (Å²) in [6.07, 6.45) is 2.46. The van der Waals surface area contributed by atoms with Crippen LogP contribution < -0.4 is 9.24 Å². The van der Waals surface area contributed by atoms with E-state index < -0.39 is 8.07 Å². The van der Waals surface area contributed by atoms with E-state index in [0.29, 0.717) is 5.75 Å². The van der Waals surface area contributed by atoms with Crippen molar-refractivity contribution in [2.45, 2.75) is 39.8 Å². The standard InChI is InChI=1S/C17H24O2SSi/c1-5-13-11-16(14(6-2)10-15(13)18)19-12-21(3,4)17-8-7-9-20-17/h7-11,18H,5-6,12H2,1-4H3. The molecule has 0 aliphatic heterocycles. The van der Waals surface area contributed by atoms with Gasteiger partial charge in [0.1, 0.15) is 19.6 Å². The fraction of sp³-hybridized carbons (Fsp3) is 0.412. The van der Waals surface area contributed by atoms with Crippen molar-refractivity contribution in [3.63, 3.8) is 0 Å². The first-order chi connectivity index (χ1) is 9.97. The predicted molar refractivity (Wildman–Crippen MR) is 93.8 cm³/mol. The van der Waals surface area contributed by atoms with Crippen LogP contribution in [0.1, 0.15) is 25.0 Å². The lowest BCUT2D eigenvalue weighted by atomic mass is 10.1. The average Bonchev–Trinajstić information content (AvgIpc) is 3.00. The molecule has 0 amide bonds. The summed E-state index contributed by atoms with van der Waals surface area (Å²) in [5.74, 6) is 1.32. The van der Waals surface area contributed by atoms with E-state index in [-0.39, 0.29) is 0 Å². The molecule has 0 atom stereocenters. The predicted octanol–water partition coefficient (Wildman–Crippen LogP) is 4.11. The number of phenolic OH excluding ortho intramolecular Hbond substituents is 1. The number of hydrogen-bond acceptors (Lipinski definition) is 3. The van der Waals surface area contributed by atoms with Crippen LogP contribution in [-0.2, 0) is 12.8 Å². The summed E-state index contributed by atoms with van der Waals surface area (Å²) in [5, 5.41) is 12.1. The van der Waals surface area contributed by atoms with Gasteiger partial charge in [-0.2, -0.15) is 11.3 Å². The molecule has 1 aromatic heterocycles. The van der Waals surface area contributed by atoms with Crippen LogP contribution in [0.25, 0.3) is 0 Å². The Morgan fingerprint density at radius 1 is 1.14 bits per heavy atom. The largest absolute Gasteiger partial charge is 0.508 e. The molecule has 4 heteroatoms. The van der Waals surface area contributed by atoms with Crippen LogP contribution in [-0.4, -0.2) is 19.4 Å². The van der Waals surface area contributed by atoms with Gasteiger partial charge in [-0.15, -0.1) is 0 Å². The first kappa shape index (κ1) is 16.1. The summed E-state index contributed by atoms with van der Waals surface area (Å²) < 4.78 is 7.64. The number of thiophene rings is 1. The van der Waals surface area contributed by atoms with Crippen LogP contribution >= 0.6 is 11.3 Å². The van der Waals surface area contributed by atoms with Crippen LogP contribution in [0.4, 0.5) is 0 Å². The van der Waals surface area contributed by atoms with Crippen molar-refractivity contribution >= 4 is 23.9 Å². The molecule has 21 heavy (non-hydrogen) atoms. The third-order valence-electron chi connectivity index (χ3n) is 3.80. The SMILES string of the molecule is CCc1cc(OC[Si](C)(C)c2cccs2)c(CC)cc1O. The quantitative estimate of drug-likeness (QED) is 0.812. The maximum Gasteiger partial charge on any atom is 0.136 e. The van der Waals surface area contributed by atoms with Gasteiger partial charge >= 0.3 is 0 Å². The summed E-state index contributed by atoms with van der Waals surface area (Å²) in [6, 6.07) is 8.19. The smallest absolute Gasteiger partial charge is 0.136 e. The first-order valence-electron chi connectivity index (χ1n) is 7.49. The molecule has 0 saturated heterocycles. The maximum absolute atomic E-state index is 9.98. The van der Waals surface area contributed by atoms with Crippen molar-refractivity contribution in [1.29, 1.82) is 0 Å². The number of phenols is 1. The zero-order valence-corrected chi connectivity index (χ0v) is 15.1. The lowest BCUT2D eigenvalue weighted by Crippen LogP contribution is -2.45. The summed E-state index contributed by atoms with van der Waals surface area (Å²) in [7, 11) is -1.55. The van der Waals surface area contributed by atoms with Crippen LogP contribution in [0.2, 0.25) is 13.1 Å². The van der Waals surface area contributed by atoms with E-state index in [2.05, 4.69) is 44.5 Å². The van der Waals surface area contributed by atoms with Crippen molar-refractivity contribution in [3.05, 3.63) is 40.8 Å². The molecule has 114 valence electrons. The van der Waals surface area contributed by atoms with E-state index in [1.54, 1.807) is 0 Å². The molecule has 2 aromatic rings. The second-order valence-corrected chi connectivity index (χ2v) is 11.9. The Labute approximate surface area is 132 Å². The Kier molecular flexibility index (Phi) is 5.11. The highest BCUT2D eigenvalue weighted by Crippen LogP contribution is 2.29. The Morgan fingerprint density at radius 2 is 1.86 bits per heavy atom. The molecule has 0 saturated carbocycles. The van der Waals surface area contributed by atoms with Crippen molar-refractivity contribution in [3.8, 4) is 11.5 Å². The number of ether oxygens (including phenoxy) is 1. The molecule has 0 aliphatic carbocycles. The van der Waals surface area contributed by atoms with Gasteiger partial charge in [-0.25, -0.2) is 0 Å². The Morgan fingerprint density at radius 3 is 2.43 bits per heavy atom. The van der Waals surface area contributed by atoms with Crippen molar-refractivity contribution in [1.82, 2.24) is 0 Å². The second-order valence-electron chi connectivity index (χ2n) is 5.95. The number of hydrogen-bond donors (Lipinski definition) is 1. The first-order valence-corrected chi connectivity index (χ1v) is 11.6. The molecular formula is C17H24O2SSi. The van der Waals surface area contributed by atoms with Gasteiger partial charge in [0, 0.05) is 0 Å². The maximum atomic E-state index is 9.98. The fourth-order valence-electron chi connectivity index (χ4n) is 2.34. The fourth-order valence-corrected chi connectivity index (χ4v) is 5.66. The van der Waals surface area contributed by atoms with Gasteiger partial charge in [0.15, 0.2) is 0 Å². The van der Waals surface area contributed by atoms with Gasteiger partial charge in [-0.1, -0.05) is 39.1 Å². The van der Waals surface area contributed by atoms with Crippen molar-refractivity contribution in [2.24, 2.45) is 0 Å². The van der Waals surface area contributed by atoms with E-state index in [1.165, 1.54) is 4.50 Å². The lowest BCUT2D eigenvalue weighted by Gasteiger charge is -2.22.